The van der Waals surface area contributed by atoms with Gasteiger partial charge in [0.15, 0.2) is 0 Å². The van der Waals surface area contributed by atoms with Gasteiger partial charge in [-0.2, -0.15) is 0 Å². The van der Waals surface area contributed by atoms with Gasteiger partial charge in [0, 0.05) is 12.8 Å². The van der Waals surface area contributed by atoms with Crippen LogP contribution in [-0.4, -0.2) is 56.4 Å². The minimum absolute atomic E-state index is 0.0303. The number of esters is 1. The first-order valence-electron chi connectivity index (χ1n) is 15.2. The Morgan fingerprint density at radius 3 is 2.13 bits per heavy atom. The highest BCUT2D eigenvalue weighted by Crippen LogP contribution is 2.77. The van der Waals surface area contributed by atoms with Crippen molar-refractivity contribution in [2.75, 3.05) is 0 Å². The van der Waals surface area contributed by atoms with Gasteiger partial charge in [0.1, 0.15) is 11.7 Å². The van der Waals surface area contributed by atoms with Crippen LogP contribution < -0.4 is 0 Å². The summed E-state index contributed by atoms with van der Waals surface area (Å²) in [6.07, 6.45) is 6.45. The molecule has 3 N–H and O–H groups in total. The fourth-order valence-electron chi connectivity index (χ4n) is 11.3. The molecule has 4 aliphatic carbocycles. The van der Waals surface area contributed by atoms with Gasteiger partial charge in [0.05, 0.1) is 23.4 Å². The third-order valence-corrected chi connectivity index (χ3v) is 13.7. The van der Waals surface area contributed by atoms with Gasteiger partial charge in [-0.25, -0.2) is 0 Å². The molecular weight excluding hydrogens is 480 g/mol. The zero-order chi connectivity index (χ0) is 28.3. The number of rotatable bonds is 3. The molecule has 0 aromatic carbocycles. The molecule has 1 saturated heterocycles. The number of carbonyl (C=O) groups excluding carboxylic acids is 1. The second kappa shape index (κ2) is 8.42. The van der Waals surface area contributed by atoms with Gasteiger partial charge in [0.2, 0.25) is 0 Å². The van der Waals surface area contributed by atoms with Crippen molar-refractivity contribution in [3.8, 4) is 0 Å². The maximum atomic E-state index is 12.8. The van der Waals surface area contributed by atoms with Crippen molar-refractivity contribution in [1.82, 2.24) is 0 Å². The van der Waals surface area contributed by atoms with E-state index in [1.165, 1.54) is 6.92 Å². The molecule has 6 nitrogen and oxygen atoms in total. The Hall–Kier alpha value is -0.690. The summed E-state index contributed by atoms with van der Waals surface area (Å²) in [6.45, 7) is 18.8. The van der Waals surface area contributed by atoms with Gasteiger partial charge in [-0.05, 0) is 112 Å². The predicted octanol–water partition coefficient (Wildman–Crippen LogP) is 5.40. The lowest BCUT2D eigenvalue weighted by Gasteiger charge is -2.71. The van der Waals surface area contributed by atoms with E-state index in [2.05, 4.69) is 34.6 Å². The molecule has 0 bridgehead atoms. The van der Waals surface area contributed by atoms with Crippen molar-refractivity contribution in [1.29, 1.82) is 0 Å². The first-order valence-corrected chi connectivity index (χ1v) is 15.2. The molecule has 5 rings (SSSR count). The third kappa shape index (κ3) is 3.61. The summed E-state index contributed by atoms with van der Waals surface area (Å²) in [5.41, 5.74) is -3.36. The summed E-state index contributed by atoms with van der Waals surface area (Å²) in [5, 5.41) is 34.5. The van der Waals surface area contributed by atoms with Crippen molar-refractivity contribution in [2.24, 2.45) is 39.4 Å². The Morgan fingerprint density at radius 2 is 1.55 bits per heavy atom. The van der Waals surface area contributed by atoms with Crippen LogP contribution in [0.25, 0.3) is 0 Å². The highest BCUT2D eigenvalue weighted by Gasteiger charge is 2.76. The van der Waals surface area contributed by atoms with Crippen LogP contribution >= 0.6 is 0 Å². The van der Waals surface area contributed by atoms with E-state index in [4.69, 9.17) is 9.47 Å². The van der Waals surface area contributed by atoms with E-state index in [-0.39, 0.29) is 45.8 Å². The molecule has 1 aliphatic heterocycles. The van der Waals surface area contributed by atoms with E-state index in [1.807, 2.05) is 6.92 Å². The highest BCUT2D eigenvalue weighted by atomic mass is 16.6. The monoisotopic (exact) mass is 534 g/mol. The molecule has 0 aromatic heterocycles. The molecule has 218 valence electrons. The van der Waals surface area contributed by atoms with Crippen LogP contribution in [0.4, 0.5) is 0 Å². The maximum absolute atomic E-state index is 12.8. The van der Waals surface area contributed by atoms with Crippen LogP contribution in [0.3, 0.4) is 0 Å². The van der Waals surface area contributed by atoms with Crippen molar-refractivity contribution >= 4 is 5.97 Å². The number of hydrogen-bond acceptors (Lipinski definition) is 6. The van der Waals surface area contributed by atoms with E-state index in [1.54, 1.807) is 13.8 Å². The van der Waals surface area contributed by atoms with Crippen molar-refractivity contribution in [2.45, 2.75) is 155 Å². The van der Waals surface area contributed by atoms with E-state index in [0.29, 0.717) is 31.1 Å². The summed E-state index contributed by atoms with van der Waals surface area (Å²) >= 11 is 0. The minimum atomic E-state index is -1.16. The SMILES string of the molecule is CC(=O)OC1CC2[C@@]3(C)CC[C@@H](O)C(C)(C)C3CC[C@@]2(C)[C@]2(C)CC[C@](O)(C3(C)CC[C@@H](C(C)(C)O)O3)C12. The lowest BCUT2D eigenvalue weighted by molar-refractivity contribution is -0.279. The van der Waals surface area contributed by atoms with Crippen molar-refractivity contribution in [3.63, 3.8) is 0 Å². The molecule has 0 radical (unpaired) electrons. The topological polar surface area (TPSA) is 96.2 Å². The van der Waals surface area contributed by atoms with E-state index in [0.717, 1.165) is 38.5 Å². The van der Waals surface area contributed by atoms with Gasteiger partial charge in [-0.3, -0.25) is 4.79 Å². The summed E-state index contributed by atoms with van der Waals surface area (Å²) in [6, 6.07) is 0. The average Bonchev–Trinajstić information content (AvgIpc) is 3.34. The fourth-order valence-corrected chi connectivity index (χ4v) is 11.3. The second-order valence-electron chi connectivity index (χ2n) is 16.2. The number of aliphatic hydroxyl groups is 3. The normalized spacial score (nSPS) is 54.1. The third-order valence-electron chi connectivity index (χ3n) is 13.7. The first-order chi connectivity index (χ1) is 17.3. The summed E-state index contributed by atoms with van der Waals surface area (Å²) in [4.78, 5) is 12.5. The lowest BCUT2D eigenvalue weighted by atomic mass is 9.35. The zero-order valence-electron chi connectivity index (χ0n) is 25.4. The van der Waals surface area contributed by atoms with E-state index < -0.39 is 22.9 Å². The van der Waals surface area contributed by atoms with Gasteiger partial charge >= 0.3 is 5.97 Å². The molecule has 0 aromatic rings. The van der Waals surface area contributed by atoms with Crippen molar-refractivity contribution in [3.05, 3.63) is 0 Å². The Morgan fingerprint density at radius 1 is 0.895 bits per heavy atom. The zero-order valence-corrected chi connectivity index (χ0v) is 25.4. The molecule has 6 heteroatoms. The van der Waals surface area contributed by atoms with Crippen LogP contribution in [0.2, 0.25) is 0 Å². The molecule has 11 atom stereocenters. The molecule has 38 heavy (non-hydrogen) atoms. The number of aliphatic hydroxyl groups excluding tert-OH is 1. The number of hydrogen-bond donors (Lipinski definition) is 3. The summed E-state index contributed by atoms with van der Waals surface area (Å²) in [5.74, 6) is 0.195. The van der Waals surface area contributed by atoms with Crippen LogP contribution in [0.15, 0.2) is 0 Å². The summed E-state index contributed by atoms with van der Waals surface area (Å²) in [7, 11) is 0. The van der Waals surface area contributed by atoms with Crippen LogP contribution in [0, 0.1) is 39.4 Å². The lowest BCUT2D eigenvalue weighted by Crippen LogP contribution is -2.70. The van der Waals surface area contributed by atoms with Crippen LogP contribution in [0.1, 0.15) is 120 Å². The molecule has 1 heterocycles. The molecule has 5 aliphatic rings. The Balaban J connectivity index is 1.58. The average molecular weight is 535 g/mol. The number of ether oxygens (including phenoxy) is 2. The van der Waals surface area contributed by atoms with Gasteiger partial charge in [-0.1, -0.05) is 34.6 Å². The Labute approximate surface area is 230 Å². The minimum Gasteiger partial charge on any atom is -0.462 e. The number of carbonyl (C=O) groups is 1. The van der Waals surface area contributed by atoms with Crippen LogP contribution in [-0.2, 0) is 14.3 Å². The maximum Gasteiger partial charge on any atom is 0.302 e. The van der Waals surface area contributed by atoms with Gasteiger partial charge in [0.25, 0.3) is 0 Å². The van der Waals surface area contributed by atoms with Gasteiger partial charge < -0.3 is 24.8 Å². The first kappa shape index (κ1) is 28.8. The molecule has 4 saturated carbocycles. The van der Waals surface area contributed by atoms with E-state index >= 15 is 0 Å². The molecular formula is C32H54O6. The Kier molecular flexibility index (Phi) is 6.39. The van der Waals surface area contributed by atoms with Gasteiger partial charge in [-0.15, -0.1) is 0 Å². The quantitative estimate of drug-likeness (QED) is 0.420. The number of fused-ring (bicyclic) bond motifs is 5. The largest absolute Gasteiger partial charge is 0.462 e. The molecule has 5 fully saturated rings. The standard InChI is InChI=1S/C32H54O6/c1-19(33)37-20-18-22-28(6)13-11-23(34)26(2,3)21(28)10-14-29(22,7)30(8)16-17-32(36,25(20)30)31(9)15-12-24(38-31)27(4,5)35/h20-25,34-36H,10-18H2,1-9H3/t20?,21?,22?,23-,24+,25?,28+,29-,30-,31?,32-/m1/s1. The summed E-state index contributed by atoms with van der Waals surface area (Å²) < 4.78 is 12.8. The highest BCUT2D eigenvalue weighted by molar-refractivity contribution is 5.66. The van der Waals surface area contributed by atoms with E-state index in [9.17, 15) is 20.1 Å². The van der Waals surface area contributed by atoms with Crippen LogP contribution in [0.5, 0.6) is 0 Å². The molecule has 5 unspecified atom stereocenters. The van der Waals surface area contributed by atoms with Crippen molar-refractivity contribution < 1.29 is 29.6 Å². The molecule has 0 amide bonds. The Bertz CT molecular complexity index is 971. The fraction of sp³-hybridized carbons (Fsp3) is 0.969. The second-order valence-corrected chi connectivity index (χ2v) is 16.2. The molecule has 0 spiro atoms. The predicted molar refractivity (Wildman–Crippen MR) is 146 cm³/mol. The smallest absolute Gasteiger partial charge is 0.302 e.